The Morgan fingerprint density at radius 1 is 1.11 bits per heavy atom. The summed E-state index contributed by atoms with van der Waals surface area (Å²) in [6, 6.07) is 15.1. The van der Waals surface area contributed by atoms with Gasteiger partial charge in [0.15, 0.2) is 11.5 Å². The average Bonchev–Trinajstić information content (AvgIpc) is 3.42. The maximum Gasteiger partial charge on any atom is 0.254 e. The molecule has 0 saturated heterocycles. The van der Waals surface area contributed by atoms with Crippen LogP contribution in [0.1, 0.15) is 45.2 Å². The number of rotatable bonds is 7. The minimum Gasteiger partial charge on any atom is -0.491 e. The van der Waals surface area contributed by atoms with Crippen LogP contribution in [0, 0.1) is 6.92 Å². The van der Waals surface area contributed by atoms with Crippen LogP contribution in [0.2, 0.25) is 0 Å². The van der Waals surface area contributed by atoms with Crippen molar-refractivity contribution in [3.8, 4) is 17.2 Å². The Hall–Kier alpha value is -3.52. The number of hydrogen-bond acceptors (Lipinski definition) is 6. The first-order chi connectivity index (χ1) is 17.6. The monoisotopic (exact) mass is 504 g/mol. The van der Waals surface area contributed by atoms with E-state index in [0.717, 1.165) is 36.1 Å². The molecule has 0 N–H and O–H groups in total. The standard InChI is InChI=1S/C28H28N2O5S/c1-18-4-2-3-5-23(18)33-16-22-21-11-13-36-26(21)10-12-29(22)27(31)15-30(20-7-8-20)28(32)19-6-9-24-25(14-19)35-17-34-24/h2-6,9,11,13-14,20,22H,7-8,10,12,15-17H2,1H3. The Morgan fingerprint density at radius 2 is 1.94 bits per heavy atom. The van der Waals surface area contributed by atoms with Gasteiger partial charge in [0.2, 0.25) is 12.7 Å². The van der Waals surface area contributed by atoms with Crippen LogP contribution in [-0.4, -0.2) is 54.1 Å². The molecule has 7 nitrogen and oxygen atoms in total. The van der Waals surface area contributed by atoms with E-state index in [2.05, 4.69) is 11.4 Å². The van der Waals surface area contributed by atoms with E-state index in [9.17, 15) is 9.59 Å². The van der Waals surface area contributed by atoms with Gasteiger partial charge in [-0.15, -0.1) is 11.3 Å². The summed E-state index contributed by atoms with van der Waals surface area (Å²) in [6.07, 6.45) is 2.65. The summed E-state index contributed by atoms with van der Waals surface area (Å²) in [5, 5.41) is 2.08. The zero-order valence-electron chi connectivity index (χ0n) is 20.1. The van der Waals surface area contributed by atoms with Crippen LogP contribution in [0.25, 0.3) is 0 Å². The van der Waals surface area contributed by atoms with Crippen LogP contribution in [0.15, 0.2) is 53.9 Å². The molecule has 2 aromatic carbocycles. The van der Waals surface area contributed by atoms with Crippen LogP contribution < -0.4 is 14.2 Å². The highest BCUT2D eigenvalue weighted by molar-refractivity contribution is 7.10. The molecule has 2 amide bonds. The van der Waals surface area contributed by atoms with Gasteiger partial charge in [-0.3, -0.25) is 9.59 Å². The van der Waals surface area contributed by atoms with Gasteiger partial charge < -0.3 is 24.0 Å². The molecule has 6 rings (SSSR count). The summed E-state index contributed by atoms with van der Waals surface area (Å²) >= 11 is 1.73. The van der Waals surface area contributed by atoms with Gasteiger partial charge in [-0.1, -0.05) is 18.2 Å². The van der Waals surface area contributed by atoms with E-state index >= 15 is 0 Å². The van der Waals surface area contributed by atoms with Crippen LogP contribution in [0.3, 0.4) is 0 Å². The number of nitrogens with zero attached hydrogens (tertiary/aromatic N) is 2. The molecule has 1 unspecified atom stereocenters. The number of carbonyl (C=O) groups excluding carboxylic acids is 2. The molecule has 3 aliphatic rings. The van der Waals surface area contributed by atoms with Crippen molar-refractivity contribution >= 4 is 23.2 Å². The number of carbonyl (C=O) groups is 2. The zero-order valence-corrected chi connectivity index (χ0v) is 21.0. The van der Waals surface area contributed by atoms with Crippen LogP contribution in [0.4, 0.5) is 0 Å². The first-order valence-electron chi connectivity index (χ1n) is 12.3. The molecule has 3 aromatic rings. The number of aryl methyl sites for hydroxylation is 1. The molecule has 36 heavy (non-hydrogen) atoms. The van der Waals surface area contributed by atoms with E-state index < -0.39 is 0 Å². The fraction of sp³-hybridized carbons (Fsp3) is 0.357. The molecule has 3 heterocycles. The van der Waals surface area contributed by atoms with Crippen molar-refractivity contribution in [3.63, 3.8) is 0 Å². The highest BCUT2D eigenvalue weighted by Gasteiger charge is 2.38. The second kappa shape index (κ2) is 9.50. The van der Waals surface area contributed by atoms with Gasteiger partial charge >= 0.3 is 0 Å². The van der Waals surface area contributed by atoms with Gasteiger partial charge in [0.1, 0.15) is 18.9 Å². The first kappa shape index (κ1) is 22.9. The van der Waals surface area contributed by atoms with Crippen molar-refractivity contribution in [1.82, 2.24) is 9.80 Å². The molecule has 8 heteroatoms. The van der Waals surface area contributed by atoms with Crippen LogP contribution in [0.5, 0.6) is 17.2 Å². The summed E-state index contributed by atoms with van der Waals surface area (Å²) in [7, 11) is 0. The summed E-state index contributed by atoms with van der Waals surface area (Å²) < 4.78 is 17.0. The van der Waals surface area contributed by atoms with Gasteiger partial charge in [-0.2, -0.15) is 0 Å². The maximum atomic E-state index is 13.7. The lowest BCUT2D eigenvalue weighted by Gasteiger charge is -2.37. The number of benzene rings is 2. The molecule has 1 aromatic heterocycles. The van der Waals surface area contributed by atoms with Gasteiger partial charge in [0.25, 0.3) is 5.91 Å². The lowest BCUT2D eigenvalue weighted by molar-refractivity contribution is -0.135. The Balaban J connectivity index is 1.21. The summed E-state index contributed by atoms with van der Waals surface area (Å²) in [5.74, 6) is 1.83. The number of thiophene rings is 1. The molecular weight excluding hydrogens is 476 g/mol. The smallest absolute Gasteiger partial charge is 0.254 e. The van der Waals surface area contributed by atoms with Crippen LogP contribution >= 0.6 is 11.3 Å². The van der Waals surface area contributed by atoms with Gasteiger partial charge in [0, 0.05) is 23.0 Å². The third-order valence-electron chi connectivity index (χ3n) is 7.08. The van der Waals surface area contributed by atoms with Gasteiger partial charge in [-0.05, 0) is 73.0 Å². The molecule has 0 radical (unpaired) electrons. The van der Waals surface area contributed by atoms with Crippen LogP contribution in [-0.2, 0) is 11.2 Å². The number of fused-ring (bicyclic) bond motifs is 2. The highest BCUT2D eigenvalue weighted by Crippen LogP contribution is 2.36. The molecule has 1 aliphatic carbocycles. The Labute approximate surface area is 214 Å². The van der Waals surface area contributed by atoms with Crippen molar-refractivity contribution in [2.75, 3.05) is 26.5 Å². The maximum absolute atomic E-state index is 13.7. The van der Waals surface area contributed by atoms with E-state index in [1.54, 1.807) is 34.4 Å². The molecule has 0 bridgehead atoms. The van der Waals surface area contributed by atoms with Gasteiger partial charge in [0.05, 0.1) is 6.04 Å². The Morgan fingerprint density at radius 3 is 2.78 bits per heavy atom. The van der Waals surface area contributed by atoms with E-state index in [1.165, 1.54) is 4.88 Å². The predicted molar refractivity (Wildman–Crippen MR) is 136 cm³/mol. The third kappa shape index (κ3) is 4.41. The van der Waals surface area contributed by atoms with E-state index in [-0.39, 0.29) is 37.2 Å². The lowest BCUT2D eigenvalue weighted by atomic mass is 10.00. The second-order valence-corrected chi connectivity index (χ2v) is 10.5. The average molecular weight is 505 g/mol. The Bertz CT molecular complexity index is 1300. The number of para-hydroxylation sites is 1. The molecule has 0 spiro atoms. The van der Waals surface area contributed by atoms with E-state index in [0.29, 0.717) is 30.2 Å². The molecule has 2 aliphatic heterocycles. The van der Waals surface area contributed by atoms with Crippen molar-refractivity contribution in [1.29, 1.82) is 0 Å². The van der Waals surface area contributed by atoms with E-state index in [4.69, 9.17) is 14.2 Å². The number of amides is 2. The molecule has 186 valence electrons. The van der Waals surface area contributed by atoms with E-state index in [1.807, 2.05) is 36.1 Å². The lowest BCUT2D eigenvalue weighted by Crippen LogP contribution is -2.48. The summed E-state index contributed by atoms with van der Waals surface area (Å²) in [4.78, 5) is 32.1. The topological polar surface area (TPSA) is 68.3 Å². The van der Waals surface area contributed by atoms with Crippen molar-refractivity contribution in [2.24, 2.45) is 0 Å². The first-order valence-corrected chi connectivity index (χ1v) is 13.2. The fourth-order valence-corrected chi connectivity index (χ4v) is 5.87. The predicted octanol–water partition coefficient (Wildman–Crippen LogP) is 4.59. The molecular formula is C28H28N2O5S. The largest absolute Gasteiger partial charge is 0.491 e. The van der Waals surface area contributed by atoms with Crippen molar-refractivity contribution < 1.29 is 23.8 Å². The quantitative estimate of drug-likeness (QED) is 0.471. The number of hydrogen-bond donors (Lipinski definition) is 0. The molecule has 1 saturated carbocycles. The summed E-state index contributed by atoms with van der Waals surface area (Å²) in [5.41, 5.74) is 2.72. The molecule has 1 fully saturated rings. The molecule has 1 atom stereocenters. The highest BCUT2D eigenvalue weighted by atomic mass is 32.1. The minimum atomic E-state index is -0.186. The fourth-order valence-electron chi connectivity index (χ4n) is 4.95. The van der Waals surface area contributed by atoms with Gasteiger partial charge in [-0.25, -0.2) is 0 Å². The van der Waals surface area contributed by atoms with Crippen molar-refractivity contribution in [2.45, 2.75) is 38.3 Å². The van der Waals surface area contributed by atoms with Crippen molar-refractivity contribution in [3.05, 3.63) is 75.5 Å². The zero-order chi connectivity index (χ0) is 24.6. The third-order valence-corrected chi connectivity index (χ3v) is 8.08. The SMILES string of the molecule is Cc1ccccc1OCC1c2ccsc2CCN1C(=O)CN(C(=O)c1ccc2c(c1)OCO2)C1CC1. The summed E-state index contributed by atoms with van der Waals surface area (Å²) in [6.45, 7) is 3.22. The number of ether oxygens (including phenoxy) is 3. The Kier molecular flexibility index (Phi) is 6.05. The normalized spacial score (nSPS) is 18.0. The second-order valence-electron chi connectivity index (χ2n) is 9.46. The minimum absolute atomic E-state index is 0.0498.